The first-order valence-electron chi connectivity index (χ1n) is 12.2. The van der Waals surface area contributed by atoms with E-state index in [1.165, 1.54) is 36.8 Å². The van der Waals surface area contributed by atoms with Gasteiger partial charge < -0.3 is 5.11 Å². The first-order chi connectivity index (χ1) is 13.7. The quantitative estimate of drug-likeness (QED) is 0.457. The third kappa shape index (κ3) is 4.98. The van der Waals surface area contributed by atoms with Crippen molar-refractivity contribution in [3.63, 3.8) is 0 Å². The summed E-state index contributed by atoms with van der Waals surface area (Å²) >= 11 is 0. The molecule has 3 aliphatic carbocycles. The third-order valence-corrected chi connectivity index (χ3v) is 8.61. The Morgan fingerprint density at radius 2 is 1.83 bits per heavy atom. The van der Waals surface area contributed by atoms with Gasteiger partial charge in [-0.15, -0.1) is 0 Å². The van der Waals surface area contributed by atoms with E-state index in [4.69, 9.17) is 0 Å². The van der Waals surface area contributed by atoms with Gasteiger partial charge in [-0.2, -0.15) is 0 Å². The number of rotatable bonds is 6. The highest BCUT2D eigenvalue weighted by atomic mass is 16.3. The first-order valence-corrected chi connectivity index (χ1v) is 12.2. The lowest BCUT2D eigenvalue weighted by Gasteiger charge is -2.42. The van der Waals surface area contributed by atoms with Crippen LogP contribution in [0, 0.1) is 35.0 Å². The summed E-state index contributed by atoms with van der Waals surface area (Å²) in [6, 6.07) is 0. The number of aliphatic hydroxyl groups excluding tert-OH is 1. The lowest BCUT2D eigenvalue weighted by Crippen LogP contribution is -2.34. The maximum atomic E-state index is 10.1. The van der Waals surface area contributed by atoms with Crippen molar-refractivity contribution in [1.29, 1.82) is 0 Å². The van der Waals surface area contributed by atoms with Gasteiger partial charge in [0.15, 0.2) is 0 Å². The van der Waals surface area contributed by atoms with Crippen LogP contribution < -0.4 is 0 Å². The van der Waals surface area contributed by atoms with Gasteiger partial charge in [0.05, 0.1) is 6.10 Å². The Kier molecular flexibility index (Phi) is 7.31. The Bertz CT molecular complexity index is 691. The zero-order valence-corrected chi connectivity index (χ0v) is 19.7. The molecule has 0 spiro atoms. The average molecular weight is 397 g/mol. The number of hydrogen-bond acceptors (Lipinski definition) is 1. The van der Waals surface area contributed by atoms with Crippen molar-refractivity contribution in [1.82, 2.24) is 0 Å². The second kappa shape index (κ2) is 9.38. The Morgan fingerprint density at radius 1 is 1.07 bits per heavy atom. The minimum atomic E-state index is -0.152. The van der Waals surface area contributed by atoms with Gasteiger partial charge in [0, 0.05) is 0 Å². The van der Waals surface area contributed by atoms with Crippen molar-refractivity contribution >= 4 is 0 Å². The van der Waals surface area contributed by atoms with Crippen LogP contribution in [0.1, 0.15) is 86.5 Å². The Labute approximate surface area is 180 Å². The molecular formula is C28H44O. The van der Waals surface area contributed by atoms with Crippen molar-refractivity contribution in [3.8, 4) is 0 Å². The number of allylic oxidation sites excluding steroid dienone is 7. The molecule has 0 heterocycles. The largest absolute Gasteiger partial charge is 0.393 e. The fraction of sp³-hybridized carbons (Fsp3) is 0.714. The van der Waals surface area contributed by atoms with Crippen LogP contribution in [0.3, 0.4) is 0 Å². The lowest BCUT2D eigenvalue weighted by molar-refractivity contribution is 0.129. The summed E-state index contributed by atoms with van der Waals surface area (Å²) in [5, 5.41) is 10.1. The van der Waals surface area contributed by atoms with Crippen molar-refractivity contribution in [2.45, 2.75) is 92.6 Å². The van der Waals surface area contributed by atoms with E-state index in [9.17, 15) is 5.11 Å². The Hall–Kier alpha value is -1.08. The summed E-state index contributed by atoms with van der Waals surface area (Å²) in [5.41, 5.74) is 4.82. The zero-order chi connectivity index (χ0) is 21.2. The molecule has 0 saturated heterocycles. The molecule has 6 atom stereocenters. The molecule has 0 amide bonds. The molecule has 29 heavy (non-hydrogen) atoms. The van der Waals surface area contributed by atoms with Gasteiger partial charge in [0.2, 0.25) is 0 Å². The van der Waals surface area contributed by atoms with E-state index in [0.717, 1.165) is 31.1 Å². The minimum Gasteiger partial charge on any atom is -0.393 e. The molecule has 1 saturated carbocycles. The number of hydrogen-bond donors (Lipinski definition) is 1. The lowest BCUT2D eigenvalue weighted by atomic mass is 9.62. The SMILES string of the molecule is CC1=C(/C=C/C2=CCC[C@]3(C)[C@@H]([C@H](C)C=C[C@H](C)C(C)C)CC[C@@H]23)C[C@@H](O)CC1. The average Bonchev–Trinajstić information content (AvgIpc) is 3.04. The molecule has 0 aromatic carbocycles. The monoisotopic (exact) mass is 396 g/mol. The van der Waals surface area contributed by atoms with E-state index in [2.05, 4.69) is 71.9 Å². The normalized spacial score (nSPS) is 35.4. The van der Waals surface area contributed by atoms with E-state index >= 15 is 0 Å². The van der Waals surface area contributed by atoms with Gasteiger partial charge in [-0.3, -0.25) is 0 Å². The molecule has 0 radical (unpaired) electrons. The maximum absolute atomic E-state index is 10.1. The molecule has 1 N–H and O–H groups in total. The van der Waals surface area contributed by atoms with E-state index in [1.54, 1.807) is 5.57 Å². The molecule has 3 aliphatic rings. The summed E-state index contributed by atoms with van der Waals surface area (Å²) in [4.78, 5) is 0. The van der Waals surface area contributed by atoms with Crippen molar-refractivity contribution < 1.29 is 5.11 Å². The molecule has 0 aromatic heterocycles. The van der Waals surface area contributed by atoms with Gasteiger partial charge in [-0.05, 0) is 98.0 Å². The second-order valence-electron chi connectivity index (χ2n) is 10.9. The van der Waals surface area contributed by atoms with Crippen LogP contribution in [-0.4, -0.2) is 11.2 Å². The van der Waals surface area contributed by atoms with Gasteiger partial charge in [-0.25, -0.2) is 0 Å². The smallest absolute Gasteiger partial charge is 0.0583 e. The van der Waals surface area contributed by atoms with Gasteiger partial charge in [0.25, 0.3) is 0 Å². The molecule has 1 nitrogen and oxygen atoms in total. The molecule has 1 fully saturated rings. The molecule has 1 heteroatoms. The van der Waals surface area contributed by atoms with Gasteiger partial charge in [-0.1, -0.05) is 70.6 Å². The topological polar surface area (TPSA) is 20.2 Å². The molecule has 162 valence electrons. The Balaban J connectivity index is 1.73. The summed E-state index contributed by atoms with van der Waals surface area (Å²) in [6.45, 7) is 14.2. The zero-order valence-electron chi connectivity index (χ0n) is 19.7. The summed E-state index contributed by atoms with van der Waals surface area (Å²) in [6.07, 6.45) is 20.1. The highest BCUT2D eigenvalue weighted by molar-refractivity contribution is 5.36. The molecule has 0 aliphatic heterocycles. The van der Waals surface area contributed by atoms with Crippen LogP contribution in [0.2, 0.25) is 0 Å². The van der Waals surface area contributed by atoms with Crippen LogP contribution in [-0.2, 0) is 0 Å². The third-order valence-electron chi connectivity index (χ3n) is 8.61. The van der Waals surface area contributed by atoms with E-state index in [1.807, 2.05) is 0 Å². The molecule has 0 bridgehead atoms. The number of fused-ring (bicyclic) bond motifs is 1. The van der Waals surface area contributed by atoms with Crippen LogP contribution in [0.4, 0.5) is 0 Å². The summed E-state index contributed by atoms with van der Waals surface area (Å²) in [7, 11) is 0. The second-order valence-corrected chi connectivity index (χ2v) is 10.9. The van der Waals surface area contributed by atoms with Crippen molar-refractivity contribution in [2.24, 2.45) is 35.0 Å². The van der Waals surface area contributed by atoms with E-state index in [0.29, 0.717) is 23.2 Å². The summed E-state index contributed by atoms with van der Waals surface area (Å²) in [5.74, 6) is 3.53. The fourth-order valence-corrected chi connectivity index (χ4v) is 6.10. The maximum Gasteiger partial charge on any atom is 0.0583 e. The highest BCUT2D eigenvalue weighted by Crippen LogP contribution is 2.58. The van der Waals surface area contributed by atoms with Crippen LogP contribution >= 0.6 is 0 Å². The van der Waals surface area contributed by atoms with Gasteiger partial charge in [0.1, 0.15) is 0 Å². The standard InChI is InChI=1S/C28H44O/c1-19(2)20(3)9-10-22(5)26-15-16-27-23(8-7-17-28(26,27)6)12-13-24-18-25(29)14-11-21(24)4/h8-10,12-13,19-20,22,25-27,29H,7,11,14-18H2,1-6H3/b10-9?,13-12+/t20-,22+,25-,26+,27-,28+/m0/s1. The first kappa shape index (κ1) is 22.6. The van der Waals surface area contributed by atoms with Crippen molar-refractivity contribution in [3.05, 3.63) is 47.1 Å². The number of aliphatic hydroxyl groups is 1. The molecule has 0 aromatic rings. The minimum absolute atomic E-state index is 0.152. The van der Waals surface area contributed by atoms with E-state index < -0.39 is 0 Å². The highest BCUT2D eigenvalue weighted by Gasteiger charge is 2.49. The molecule has 3 rings (SSSR count). The molecular weight excluding hydrogens is 352 g/mol. The van der Waals surface area contributed by atoms with Crippen LogP contribution in [0.5, 0.6) is 0 Å². The Morgan fingerprint density at radius 3 is 2.55 bits per heavy atom. The van der Waals surface area contributed by atoms with Crippen LogP contribution in [0.25, 0.3) is 0 Å². The predicted octanol–water partition coefficient (Wildman–Crippen LogP) is 7.64. The van der Waals surface area contributed by atoms with E-state index in [-0.39, 0.29) is 6.10 Å². The van der Waals surface area contributed by atoms with Gasteiger partial charge >= 0.3 is 0 Å². The van der Waals surface area contributed by atoms with Crippen molar-refractivity contribution in [2.75, 3.05) is 0 Å². The predicted molar refractivity (Wildman–Crippen MR) is 126 cm³/mol. The molecule has 0 unspecified atom stereocenters. The van der Waals surface area contributed by atoms with Crippen LogP contribution in [0.15, 0.2) is 47.1 Å². The summed E-state index contributed by atoms with van der Waals surface area (Å²) < 4.78 is 0. The fourth-order valence-electron chi connectivity index (χ4n) is 6.10.